The van der Waals surface area contributed by atoms with E-state index >= 15 is 0 Å². The Morgan fingerprint density at radius 3 is 2.48 bits per heavy atom. The maximum absolute atomic E-state index is 12.3. The molecule has 1 aromatic heterocycles. The highest BCUT2D eigenvalue weighted by Gasteiger charge is 2.16. The van der Waals surface area contributed by atoms with Crippen LogP contribution in [0.5, 0.6) is 0 Å². The third-order valence-corrected chi connectivity index (χ3v) is 4.29. The van der Waals surface area contributed by atoms with Gasteiger partial charge in [-0.2, -0.15) is 0 Å². The second-order valence-corrected chi connectivity index (χ2v) is 6.30. The Hall–Kier alpha value is -3.13. The normalized spacial score (nSPS) is 13.9. The smallest absolute Gasteiger partial charge is 0.255 e. The van der Waals surface area contributed by atoms with Gasteiger partial charge in [0.15, 0.2) is 0 Å². The molecule has 0 unspecified atom stereocenters. The predicted octanol–water partition coefficient (Wildman–Crippen LogP) is 0.922. The maximum atomic E-state index is 12.3. The third kappa shape index (κ3) is 4.95. The number of carbonyl (C=O) groups excluding carboxylic acids is 2. The van der Waals surface area contributed by atoms with Crippen LogP contribution >= 0.6 is 0 Å². The van der Waals surface area contributed by atoms with Crippen LogP contribution in [0.4, 0.5) is 11.4 Å². The summed E-state index contributed by atoms with van der Waals surface area (Å²) in [5.41, 5.74) is 1.79. The summed E-state index contributed by atoms with van der Waals surface area (Å²) in [6, 6.07) is 10.3. The molecular weight excluding hydrogens is 348 g/mol. The number of nitrogens with one attached hydrogen (secondary N) is 2. The summed E-state index contributed by atoms with van der Waals surface area (Å²) in [5.74, 6) is -0.640. The van der Waals surface area contributed by atoms with Gasteiger partial charge in [0, 0.05) is 43.8 Å². The fourth-order valence-electron chi connectivity index (χ4n) is 2.83. The van der Waals surface area contributed by atoms with Crippen molar-refractivity contribution in [3.63, 3.8) is 0 Å². The number of ether oxygens (including phenoxy) is 1. The molecule has 142 valence electrons. The summed E-state index contributed by atoms with van der Waals surface area (Å²) in [7, 11) is 1.54. The van der Waals surface area contributed by atoms with E-state index in [1.165, 1.54) is 30.3 Å². The van der Waals surface area contributed by atoms with Crippen LogP contribution in [0, 0.1) is 0 Å². The Morgan fingerprint density at radius 1 is 1.15 bits per heavy atom. The van der Waals surface area contributed by atoms with Gasteiger partial charge in [-0.1, -0.05) is 0 Å². The highest BCUT2D eigenvalue weighted by Crippen LogP contribution is 2.19. The van der Waals surface area contributed by atoms with Crippen LogP contribution in [-0.2, 0) is 9.53 Å². The fourth-order valence-corrected chi connectivity index (χ4v) is 2.83. The number of carbonyl (C=O) groups is 2. The highest BCUT2D eigenvalue weighted by molar-refractivity contribution is 5.99. The van der Waals surface area contributed by atoms with E-state index in [2.05, 4.69) is 15.2 Å². The second kappa shape index (κ2) is 8.50. The first-order valence-electron chi connectivity index (χ1n) is 8.70. The molecule has 1 saturated heterocycles. The molecule has 1 aliphatic rings. The van der Waals surface area contributed by atoms with Crippen molar-refractivity contribution in [3.05, 3.63) is 58.5 Å². The number of rotatable bonds is 5. The van der Waals surface area contributed by atoms with Gasteiger partial charge in [-0.3, -0.25) is 14.4 Å². The minimum atomic E-state index is -0.343. The number of amides is 2. The topological polar surface area (TPSA) is 94.7 Å². The van der Waals surface area contributed by atoms with E-state index in [0.717, 1.165) is 18.8 Å². The van der Waals surface area contributed by atoms with Gasteiger partial charge < -0.3 is 24.8 Å². The molecule has 1 fully saturated rings. The molecule has 2 amide bonds. The zero-order valence-corrected chi connectivity index (χ0v) is 15.1. The number of hydrogen-bond donors (Lipinski definition) is 2. The van der Waals surface area contributed by atoms with Gasteiger partial charge in [-0.05, 0) is 30.3 Å². The molecular formula is C19H22N4O4. The van der Waals surface area contributed by atoms with Gasteiger partial charge in [0.05, 0.1) is 25.3 Å². The zero-order valence-electron chi connectivity index (χ0n) is 15.1. The third-order valence-electron chi connectivity index (χ3n) is 4.29. The number of benzene rings is 1. The molecule has 27 heavy (non-hydrogen) atoms. The van der Waals surface area contributed by atoms with Gasteiger partial charge >= 0.3 is 0 Å². The number of nitrogens with zero attached hydrogens (tertiary/aromatic N) is 2. The van der Waals surface area contributed by atoms with Gasteiger partial charge in [0.25, 0.3) is 5.91 Å². The van der Waals surface area contributed by atoms with Crippen molar-refractivity contribution in [1.29, 1.82) is 0 Å². The monoisotopic (exact) mass is 370 g/mol. The summed E-state index contributed by atoms with van der Waals surface area (Å²) in [6.07, 6.45) is 1.34. The van der Waals surface area contributed by atoms with Gasteiger partial charge in [-0.15, -0.1) is 0 Å². The quantitative estimate of drug-likeness (QED) is 0.816. The van der Waals surface area contributed by atoms with Gasteiger partial charge in [0.1, 0.15) is 0 Å². The molecule has 0 radical (unpaired) electrons. The van der Waals surface area contributed by atoms with Crippen molar-refractivity contribution in [2.75, 3.05) is 50.1 Å². The van der Waals surface area contributed by atoms with E-state index in [-0.39, 0.29) is 23.9 Å². The molecule has 2 N–H and O–H groups in total. The lowest BCUT2D eigenvalue weighted by Gasteiger charge is -2.28. The van der Waals surface area contributed by atoms with E-state index in [1.54, 1.807) is 0 Å². The molecule has 8 nitrogen and oxygen atoms in total. The molecule has 2 heterocycles. The van der Waals surface area contributed by atoms with Crippen LogP contribution in [-0.4, -0.2) is 61.6 Å². The lowest BCUT2D eigenvalue weighted by atomic mass is 10.2. The number of aromatic nitrogens is 1. The summed E-state index contributed by atoms with van der Waals surface area (Å²) < 4.78 is 5.34. The van der Waals surface area contributed by atoms with Crippen molar-refractivity contribution >= 4 is 23.2 Å². The summed E-state index contributed by atoms with van der Waals surface area (Å²) in [6.45, 7) is 3.04. The van der Waals surface area contributed by atoms with Crippen LogP contribution in [0.2, 0.25) is 0 Å². The van der Waals surface area contributed by atoms with E-state index in [1.807, 2.05) is 24.3 Å². The summed E-state index contributed by atoms with van der Waals surface area (Å²) in [5, 5.41) is 2.78. The largest absolute Gasteiger partial charge is 0.378 e. The number of anilines is 2. The van der Waals surface area contributed by atoms with Crippen LogP contribution in [0.1, 0.15) is 10.4 Å². The molecule has 8 heteroatoms. The van der Waals surface area contributed by atoms with Crippen molar-refractivity contribution in [3.8, 4) is 0 Å². The standard InChI is InChI=1S/C19H22N4O4/c1-22(19(26)14-2-7-17(24)20-12-14)13-18(25)21-15-3-5-16(6-4-15)23-8-10-27-11-9-23/h2-7,12H,8-11,13H2,1H3,(H,20,24)(H,21,25). The number of aromatic amines is 1. The number of likely N-dealkylation sites (N-methyl/N-ethyl adjacent to an activating group) is 1. The molecule has 0 bridgehead atoms. The number of H-pyrrole nitrogens is 1. The first kappa shape index (κ1) is 18.7. The molecule has 0 spiro atoms. The van der Waals surface area contributed by atoms with Gasteiger partial charge in [-0.25, -0.2) is 0 Å². The average Bonchev–Trinajstić information content (AvgIpc) is 2.69. The van der Waals surface area contributed by atoms with E-state index in [9.17, 15) is 14.4 Å². The molecule has 3 rings (SSSR count). The van der Waals surface area contributed by atoms with E-state index in [0.29, 0.717) is 24.5 Å². The number of pyridine rings is 1. The molecule has 0 aliphatic carbocycles. The highest BCUT2D eigenvalue weighted by atomic mass is 16.5. The molecule has 2 aromatic rings. The number of morpholine rings is 1. The Kier molecular flexibility index (Phi) is 5.87. The van der Waals surface area contributed by atoms with Gasteiger partial charge in [0.2, 0.25) is 11.5 Å². The molecule has 1 aliphatic heterocycles. The predicted molar refractivity (Wildman–Crippen MR) is 102 cm³/mol. The van der Waals surface area contributed by atoms with Crippen molar-refractivity contribution in [2.24, 2.45) is 0 Å². The zero-order chi connectivity index (χ0) is 19.2. The molecule has 1 aromatic carbocycles. The van der Waals surface area contributed by atoms with E-state index < -0.39 is 0 Å². The Balaban J connectivity index is 1.54. The van der Waals surface area contributed by atoms with E-state index in [4.69, 9.17) is 4.74 Å². The maximum Gasteiger partial charge on any atom is 0.255 e. The van der Waals surface area contributed by atoms with Crippen molar-refractivity contribution in [2.45, 2.75) is 0 Å². The van der Waals surface area contributed by atoms with Crippen LogP contribution in [0.15, 0.2) is 47.4 Å². The Labute approximate surface area is 156 Å². The molecule has 0 saturated carbocycles. The minimum Gasteiger partial charge on any atom is -0.378 e. The van der Waals surface area contributed by atoms with Crippen LogP contribution in [0.25, 0.3) is 0 Å². The average molecular weight is 370 g/mol. The minimum absolute atomic E-state index is 0.0941. The summed E-state index contributed by atoms with van der Waals surface area (Å²) >= 11 is 0. The Bertz CT molecular complexity index is 836. The first-order valence-corrected chi connectivity index (χ1v) is 8.70. The second-order valence-electron chi connectivity index (χ2n) is 6.30. The Morgan fingerprint density at radius 2 is 1.85 bits per heavy atom. The fraction of sp³-hybridized carbons (Fsp3) is 0.316. The molecule has 0 atom stereocenters. The van der Waals surface area contributed by atoms with Crippen molar-refractivity contribution in [1.82, 2.24) is 9.88 Å². The first-order chi connectivity index (χ1) is 13.0. The van der Waals surface area contributed by atoms with Crippen LogP contribution < -0.4 is 15.8 Å². The van der Waals surface area contributed by atoms with Crippen LogP contribution in [0.3, 0.4) is 0 Å². The SMILES string of the molecule is CN(CC(=O)Nc1ccc(N2CCOCC2)cc1)C(=O)c1ccc(=O)[nH]c1. The summed E-state index contributed by atoms with van der Waals surface area (Å²) in [4.78, 5) is 41.5. The lowest BCUT2D eigenvalue weighted by molar-refractivity contribution is -0.116. The van der Waals surface area contributed by atoms with Crippen molar-refractivity contribution < 1.29 is 14.3 Å². The lowest BCUT2D eigenvalue weighted by Crippen LogP contribution is -2.36. The number of hydrogen-bond acceptors (Lipinski definition) is 5.